The Morgan fingerprint density at radius 2 is 1.77 bits per heavy atom. The van der Waals surface area contributed by atoms with E-state index in [9.17, 15) is 9.59 Å². The molecule has 0 unspecified atom stereocenters. The van der Waals surface area contributed by atoms with E-state index in [1.54, 1.807) is 19.3 Å². The van der Waals surface area contributed by atoms with Crippen molar-refractivity contribution >= 4 is 29.0 Å². The van der Waals surface area contributed by atoms with Crippen molar-refractivity contribution in [1.82, 2.24) is 4.90 Å². The van der Waals surface area contributed by atoms with Gasteiger partial charge in [0.15, 0.2) is 11.5 Å². The van der Waals surface area contributed by atoms with Crippen molar-refractivity contribution < 1.29 is 23.8 Å². The molecule has 0 atom stereocenters. The van der Waals surface area contributed by atoms with Crippen LogP contribution in [0.15, 0.2) is 47.4 Å². The second-order valence-electron chi connectivity index (χ2n) is 7.61. The lowest BCUT2D eigenvalue weighted by atomic mass is 10.1. The molecule has 31 heavy (non-hydrogen) atoms. The first-order valence-corrected chi connectivity index (χ1v) is 10.9. The number of benzene rings is 2. The number of imide groups is 1. The highest BCUT2D eigenvalue weighted by Crippen LogP contribution is 2.34. The first kappa shape index (κ1) is 22.7. The van der Waals surface area contributed by atoms with E-state index in [0.29, 0.717) is 34.7 Å². The van der Waals surface area contributed by atoms with Crippen molar-refractivity contribution in [3.63, 3.8) is 0 Å². The smallest absolute Gasteiger partial charge is 0.293 e. The molecular formula is C24H27NO5S. The third-order valence-corrected chi connectivity index (χ3v) is 5.44. The van der Waals surface area contributed by atoms with Crippen LogP contribution in [0.4, 0.5) is 4.79 Å². The molecule has 1 aliphatic heterocycles. The quantitative estimate of drug-likeness (QED) is 0.501. The minimum absolute atomic E-state index is 0.196. The van der Waals surface area contributed by atoms with Crippen molar-refractivity contribution in [2.45, 2.75) is 20.8 Å². The van der Waals surface area contributed by atoms with Crippen molar-refractivity contribution in [2.75, 3.05) is 26.9 Å². The van der Waals surface area contributed by atoms with E-state index in [0.717, 1.165) is 22.9 Å². The van der Waals surface area contributed by atoms with Gasteiger partial charge in [0.25, 0.3) is 11.1 Å². The van der Waals surface area contributed by atoms with Crippen LogP contribution < -0.4 is 14.2 Å². The van der Waals surface area contributed by atoms with E-state index >= 15 is 0 Å². The molecule has 1 saturated heterocycles. The van der Waals surface area contributed by atoms with E-state index in [1.165, 1.54) is 4.90 Å². The van der Waals surface area contributed by atoms with E-state index in [1.807, 2.05) is 43.3 Å². The maximum atomic E-state index is 12.7. The number of carbonyl (C=O) groups is 2. The summed E-state index contributed by atoms with van der Waals surface area (Å²) in [6.45, 7) is 7.16. The fourth-order valence-corrected chi connectivity index (χ4v) is 3.75. The molecule has 7 heteroatoms. The van der Waals surface area contributed by atoms with Crippen LogP contribution in [0.25, 0.3) is 6.08 Å². The monoisotopic (exact) mass is 441 g/mol. The highest BCUT2D eigenvalue weighted by molar-refractivity contribution is 8.18. The molecule has 2 aromatic carbocycles. The van der Waals surface area contributed by atoms with E-state index in [2.05, 4.69) is 13.8 Å². The second kappa shape index (κ2) is 10.4. The van der Waals surface area contributed by atoms with Crippen LogP contribution in [0.5, 0.6) is 17.2 Å². The molecule has 6 nitrogen and oxygen atoms in total. The Morgan fingerprint density at radius 1 is 1.03 bits per heavy atom. The average Bonchev–Trinajstić information content (AvgIpc) is 3.01. The van der Waals surface area contributed by atoms with Crippen LogP contribution in [0, 0.1) is 12.8 Å². The first-order valence-electron chi connectivity index (χ1n) is 10.1. The van der Waals surface area contributed by atoms with E-state index in [4.69, 9.17) is 14.2 Å². The second-order valence-corrected chi connectivity index (χ2v) is 8.60. The molecule has 0 saturated carbocycles. The van der Waals surface area contributed by atoms with Gasteiger partial charge < -0.3 is 14.2 Å². The fourth-order valence-electron chi connectivity index (χ4n) is 2.88. The number of hydrogen-bond acceptors (Lipinski definition) is 6. The number of rotatable bonds is 9. The average molecular weight is 442 g/mol. The summed E-state index contributed by atoms with van der Waals surface area (Å²) in [5.74, 6) is 2.02. The van der Waals surface area contributed by atoms with Gasteiger partial charge in [-0.1, -0.05) is 37.6 Å². The lowest BCUT2D eigenvalue weighted by Gasteiger charge is -2.13. The van der Waals surface area contributed by atoms with Crippen molar-refractivity contribution in [3.05, 3.63) is 58.5 Å². The maximum Gasteiger partial charge on any atom is 0.293 e. The third-order valence-electron chi connectivity index (χ3n) is 4.54. The van der Waals surface area contributed by atoms with Gasteiger partial charge >= 0.3 is 0 Å². The minimum Gasteiger partial charge on any atom is -0.493 e. The summed E-state index contributed by atoms with van der Waals surface area (Å²) in [6.07, 6.45) is 1.69. The molecule has 0 radical (unpaired) electrons. The highest BCUT2D eigenvalue weighted by Gasteiger charge is 2.34. The van der Waals surface area contributed by atoms with Crippen molar-refractivity contribution in [1.29, 1.82) is 0 Å². The molecule has 0 aromatic heterocycles. The number of methoxy groups -OCH3 is 1. The van der Waals surface area contributed by atoms with Gasteiger partial charge in [-0.05, 0) is 60.5 Å². The molecule has 3 rings (SSSR count). The zero-order valence-corrected chi connectivity index (χ0v) is 19.0. The molecule has 0 bridgehead atoms. The number of aryl methyl sites for hydroxylation is 1. The summed E-state index contributed by atoms with van der Waals surface area (Å²) in [5, 5.41) is -0.299. The van der Waals surface area contributed by atoms with Gasteiger partial charge in [-0.25, -0.2) is 0 Å². The lowest BCUT2D eigenvalue weighted by Crippen LogP contribution is -2.32. The summed E-state index contributed by atoms with van der Waals surface area (Å²) in [5.41, 5.74) is 1.90. The molecule has 1 heterocycles. The Balaban J connectivity index is 1.64. The normalized spacial score (nSPS) is 15.1. The lowest BCUT2D eigenvalue weighted by molar-refractivity contribution is -0.123. The van der Waals surface area contributed by atoms with Crippen LogP contribution in [0.3, 0.4) is 0 Å². The number of nitrogens with zero attached hydrogens (tertiary/aromatic N) is 1. The molecule has 0 spiro atoms. The number of thioether (sulfide) groups is 1. The van der Waals surface area contributed by atoms with Crippen LogP contribution in [0.2, 0.25) is 0 Å². The number of hydrogen-bond donors (Lipinski definition) is 0. The predicted octanol–water partition coefficient (Wildman–Crippen LogP) is 5.15. The van der Waals surface area contributed by atoms with Crippen molar-refractivity contribution in [2.24, 2.45) is 5.92 Å². The molecular weight excluding hydrogens is 414 g/mol. The van der Waals surface area contributed by atoms with Gasteiger partial charge in [0.05, 0.1) is 25.2 Å². The largest absolute Gasteiger partial charge is 0.493 e. The summed E-state index contributed by atoms with van der Waals surface area (Å²) in [6, 6.07) is 13.1. The van der Waals surface area contributed by atoms with Crippen molar-refractivity contribution in [3.8, 4) is 17.2 Å². The fraction of sp³-hybridized carbons (Fsp3) is 0.333. The molecule has 0 N–H and O–H groups in total. The molecule has 1 fully saturated rings. The van der Waals surface area contributed by atoms with Crippen LogP contribution in [-0.2, 0) is 4.79 Å². The van der Waals surface area contributed by atoms with Crippen LogP contribution in [0.1, 0.15) is 25.0 Å². The predicted molar refractivity (Wildman–Crippen MR) is 123 cm³/mol. The maximum absolute atomic E-state index is 12.7. The van der Waals surface area contributed by atoms with Crippen LogP contribution >= 0.6 is 11.8 Å². The summed E-state index contributed by atoms with van der Waals surface area (Å²) < 4.78 is 16.8. The van der Waals surface area contributed by atoms with Gasteiger partial charge in [-0.3, -0.25) is 14.5 Å². The standard InChI is InChI=1S/C24H27NO5S/c1-16(2)15-30-20-10-7-18(13-21(20)28-4)14-22-23(26)25(24(27)31-22)11-12-29-19-8-5-17(3)6-9-19/h5-10,13-14,16H,11-12,15H2,1-4H3/b22-14-. The summed E-state index contributed by atoms with van der Waals surface area (Å²) >= 11 is 0.928. The number of amides is 2. The third kappa shape index (κ3) is 6.04. The van der Waals surface area contributed by atoms with Gasteiger partial charge in [0.1, 0.15) is 12.4 Å². The Labute approximate surface area is 187 Å². The van der Waals surface area contributed by atoms with Gasteiger partial charge in [0, 0.05) is 0 Å². The molecule has 2 amide bonds. The molecule has 0 aliphatic carbocycles. The Morgan fingerprint density at radius 3 is 2.45 bits per heavy atom. The molecule has 164 valence electrons. The van der Waals surface area contributed by atoms with Gasteiger partial charge in [-0.15, -0.1) is 0 Å². The summed E-state index contributed by atoms with van der Waals surface area (Å²) in [7, 11) is 1.57. The molecule has 2 aromatic rings. The SMILES string of the molecule is COc1cc(/C=C2\SC(=O)N(CCOc3ccc(C)cc3)C2=O)ccc1OCC(C)C. The minimum atomic E-state index is -0.318. The number of carbonyl (C=O) groups excluding carboxylic acids is 2. The number of ether oxygens (including phenoxy) is 3. The molecule has 1 aliphatic rings. The van der Waals surface area contributed by atoms with E-state index < -0.39 is 0 Å². The zero-order chi connectivity index (χ0) is 22.4. The van der Waals surface area contributed by atoms with E-state index in [-0.39, 0.29) is 24.3 Å². The Hall–Kier alpha value is -2.93. The van der Waals surface area contributed by atoms with Gasteiger partial charge in [-0.2, -0.15) is 0 Å². The Bertz CT molecular complexity index is 968. The Kier molecular flexibility index (Phi) is 7.63. The zero-order valence-electron chi connectivity index (χ0n) is 18.2. The first-order chi connectivity index (χ1) is 14.9. The topological polar surface area (TPSA) is 65.1 Å². The highest BCUT2D eigenvalue weighted by atomic mass is 32.2. The van der Waals surface area contributed by atoms with Gasteiger partial charge in [0.2, 0.25) is 0 Å². The summed E-state index contributed by atoms with van der Waals surface area (Å²) in [4.78, 5) is 26.6. The van der Waals surface area contributed by atoms with Crippen LogP contribution in [-0.4, -0.2) is 42.9 Å².